The number of carbonyl (C=O) groups is 2. The van der Waals surface area contributed by atoms with E-state index in [2.05, 4.69) is 25.4 Å². The highest BCUT2D eigenvalue weighted by molar-refractivity contribution is 7.98. The normalized spacial score (nSPS) is 20.4. The molecule has 0 radical (unpaired) electrons. The SMILES string of the molecule is CN(CCO)SNc1ccc(F)c(Oc2ccc3ncn(C4COC5(CCCCC5)C4)c(=O)c3c2)c1C#N.Cn1nc(N2CCC(=O)NC2=O)c2cc(F)c(C3CCNCC3(F)F)cc21. The molecule has 4 fully saturated rings. The molecule has 16 nitrogen and oxygen atoms in total. The standard InChI is InChI=1S/C27H30FN5O4S.C17H18F3N5O2/c1-32(11-12-34)38-31-24-8-6-22(28)25(21(24)15-29)37-19-5-7-23-20(13-19)26(35)33(17-30-23)18-14-27(36-16-18)9-3-2-4-10-27;1-24-13-7-9(11-2-4-21-8-17(11,19)20)12(18)6-10(13)15(23-24)25-5-3-14(26)22-16(25)27/h5-8,13,17-18,31,34H,2-4,9-12,14,16H2,1H3;6-7,11,21H,2-5,8H2,1H3,(H,22,26,27). The number of hydrogen-bond acceptors (Lipinski definition) is 13. The number of likely N-dealkylation sites (N-methyl/N-ethyl adjacent to an activating group) is 1. The lowest BCUT2D eigenvalue weighted by molar-refractivity contribution is -0.120. The van der Waals surface area contributed by atoms with Crippen LogP contribution in [0.15, 0.2) is 53.6 Å². The second-order valence-electron chi connectivity index (χ2n) is 16.7. The lowest BCUT2D eigenvalue weighted by Crippen LogP contribution is -2.49. The van der Waals surface area contributed by atoms with Gasteiger partial charge in [0.1, 0.15) is 23.2 Å². The van der Waals surface area contributed by atoms with Crippen LogP contribution in [0.5, 0.6) is 11.5 Å². The zero-order chi connectivity index (χ0) is 46.0. The molecule has 5 heterocycles. The molecule has 3 aliphatic heterocycles. The highest BCUT2D eigenvalue weighted by Crippen LogP contribution is 2.44. The number of nitriles is 1. The molecule has 3 aromatic carbocycles. The molecular formula is C44H48F4N10O6S. The van der Waals surface area contributed by atoms with Crippen LogP contribution in [0.2, 0.25) is 0 Å². The molecule has 2 aromatic heterocycles. The number of aliphatic hydroxyl groups excluding tert-OH is 1. The van der Waals surface area contributed by atoms with E-state index < -0.39 is 42.0 Å². The number of aliphatic hydroxyl groups is 1. The van der Waals surface area contributed by atoms with Crippen LogP contribution in [0, 0.1) is 23.0 Å². The summed E-state index contributed by atoms with van der Waals surface area (Å²) in [4.78, 5) is 42.6. The molecule has 0 bridgehead atoms. The van der Waals surface area contributed by atoms with Gasteiger partial charge in [-0.3, -0.25) is 29.1 Å². The van der Waals surface area contributed by atoms with Crippen molar-refractivity contribution in [1.82, 2.24) is 34.3 Å². The first kappa shape index (κ1) is 45.8. The van der Waals surface area contributed by atoms with Crippen molar-refractivity contribution in [2.75, 3.05) is 56.1 Å². The van der Waals surface area contributed by atoms with E-state index in [0.717, 1.165) is 50.3 Å². The highest BCUT2D eigenvalue weighted by atomic mass is 32.2. The van der Waals surface area contributed by atoms with Crippen LogP contribution < -0.4 is 30.6 Å². The van der Waals surface area contributed by atoms with E-state index in [-0.39, 0.29) is 71.6 Å². The van der Waals surface area contributed by atoms with Crippen LogP contribution >= 0.6 is 12.1 Å². The highest BCUT2D eigenvalue weighted by Gasteiger charge is 2.44. The molecule has 344 valence electrons. The second kappa shape index (κ2) is 19.0. The average Bonchev–Trinajstić information content (AvgIpc) is 3.83. The third-order valence-electron chi connectivity index (χ3n) is 12.4. The number of rotatable bonds is 10. The minimum Gasteiger partial charge on any atom is -0.453 e. The first-order chi connectivity index (χ1) is 31.2. The summed E-state index contributed by atoms with van der Waals surface area (Å²) in [6, 6.07) is 11.3. The molecule has 4 aliphatic rings. The number of hydrogen-bond donors (Lipinski definition) is 4. The van der Waals surface area contributed by atoms with Gasteiger partial charge in [-0.05, 0) is 87.3 Å². The Morgan fingerprint density at radius 1 is 1.09 bits per heavy atom. The molecule has 5 aromatic rings. The minimum atomic E-state index is -3.05. The van der Waals surface area contributed by atoms with E-state index in [0.29, 0.717) is 47.2 Å². The van der Waals surface area contributed by atoms with Gasteiger partial charge in [-0.2, -0.15) is 10.4 Å². The summed E-state index contributed by atoms with van der Waals surface area (Å²) in [5, 5.41) is 28.6. The smallest absolute Gasteiger partial charge is 0.329 e. The van der Waals surface area contributed by atoms with Crippen molar-refractivity contribution in [3.05, 3.63) is 81.9 Å². The third kappa shape index (κ3) is 9.49. The summed E-state index contributed by atoms with van der Waals surface area (Å²) in [6.07, 6.45) is 8.16. The Bertz CT molecular complexity index is 2720. The van der Waals surface area contributed by atoms with Crippen LogP contribution in [0.3, 0.4) is 0 Å². The second-order valence-corrected chi connectivity index (χ2v) is 17.7. The number of fused-ring (bicyclic) bond motifs is 2. The van der Waals surface area contributed by atoms with Crippen LogP contribution in [-0.2, 0) is 16.6 Å². The van der Waals surface area contributed by atoms with Crippen LogP contribution in [-0.4, -0.2) is 98.6 Å². The summed E-state index contributed by atoms with van der Waals surface area (Å²) < 4.78 is 78.0. The van der Waals surface area contributed by atoms with Gasteiger partial charge in [0.15, 0.2) is 17.4 Å². The third-order valence-corrected chi connectivity index (χ3v) is 13.2. The Balaban J connectivity index is 0.000000188. The summed E-state index contributed by atoms with van der Waals surface area (Å²) in [5.41, 5.74) is 0.895. The number of urea groups is 1. The van der Waals surface area contributed by atoms with Gasteiger partial charge in [0.2, 0.25) is 5.91 Å². The van der Waals surface area contributed by atoms with Crippen molar-refractivity contribution in [1.29, 1.82) is 5.26 Å². The maximum absolute atomic E-state index is 14.8. The topological polar surface area (TPSA) is 192 Å². The number of benzene rings is 3. The molecule has 1 spiro atoms. The first-order valence-electron chi connectivity index (χ1n) is 21.4. The maximum atomic E-state index is 14.8. The Hall–Kier alpha value is -5.79. The first-order valence-corrected chi connectivity index (χ1v) is 22.1. The summed E-state index contributed by atoms with van der Waals surface area (Å²) >= 11 is 1.16. The van der Waals surface area contributed by atoms with E-state index in [9.17, 15) is 37.2 Å². The van der Waals surface area contributed by atoms with Crippen molar-refractivity contribution in [3.63, 3.8) is 0 Å². The monoisotopic (exact) mass is 920 g/mol. The van der Waals surface area contributed by atoms with Crippen molar-refractivity contribution in [3.8, 4) is 17.6 Å². The predicted molar refractivity (Wildman–Crippen MR) is 235 cm³/mol. The average molecular weight is 921 g/mol. The minimum absolute atomic E-state index is 0.0144. The van der Waals surface area contributed by atoms with E-state index in [1.165, 1.54) is 40.3 Å². The fraction of sp³-hybridized carbons (Fsp3) is 0.455. The summed E-state index contributed by atoms with van der Waals surface area (Å²) in [5.74, 6) is -5.95. The maximum Gasteiger partial charge on any atom is 0.329 e. The number of alkyl halides is 2. The van der Waals surface area contributed by atoms with Crippen molar-refractivity contribution < 1.29 is 41.7 Å². The summed E-state index contributed by atoms with van der Waals surface area (Å²) in [6.45, 7) is 0.865. The van der Waals surface area contributed by atoms with E-state index in [1.54, 1.807) is 41.4 Å². The number of aromatic nitrogens is 4. The predicted octanol–water partition coefficient (Wildman–Crippen LogP) is 6.63. The zero-order valence-electron chi connectivity index (χ0n) is 35.7. The molecule has 9 rings (SSSR count). The number of ether oxygens (including phenoxy) is 2. The molecule has 4 N–H and O–H groups in total. The molecule has 65 heavy (non-hydrogen) atoms. The molecule has 2 atom stereocenters. The van der Waals surface area contributed by atoms with E-state index >= 15 is 0 Å². The molecule has 2 unspecified atom stereocenters. The number of carbonyl (C=O) groups excluding carboxylic acids is 2. The molecule has 3 amide bonds. The number of piperidine rings is 1. The van der Waals surface area contributed by atoms with Gasteiger partial charge >= 0.3 is 6.03 Å². The molecule has 21 heteroatoms. The Morgan fingerprint density at radius 2 is 1.89 bits per heavy atom. The summed E-state index contributed by atoms with van der Waals surface area (Å²) in [7, 11) is 3.37. The number of imide groups is 1. The van der Waals surface area contributed by atoms with Gasteiger partial charge in [0, 0.05) is 44.1 Å². The van der Waals surface area contributed by atoms with Gasteiger partial charge in [-0.25, -0.2) is 31.6 Å². The lowest BCUT2D eigenvalue weighted by atomic mass is 9.82. The molecule has 1 saturated carbocycles. The molecular weight excluding hydrogens is 873 g/mol. The number of nitrogens with one attached hydrogen (secondary N) is 3. The number of nitrogens with zero attached hydrogens (tertiary/aromatic N) is 7. The number of aryl methyl sites for hydroxylation is 1. The Kier molecular flexibility index (Phi) is 13.4. The largest absolute Gasteiger partial charge is 0.453 e. The lowest BCUT2D eigenvalue weighted by Gasteiger charge is -2.32. The number of anilines is 2. The molecule has 3 saturated heterocycles. The van der Waals surface area contributed by atoms with Gasteiger partial charge in [-0.15, -0.1) is 0 Å². The fourth-order valence-electron chi connectivity index (χ4n) is 8.99. The van der Waals surface area contributed by atoms with Crippen LogP contribution in [0.1, 0.15) is 74.5 Å². The van der Waals surface area contributed by atoms with Gasteiger partial charge in [-0.1, -0.05) is 19.3 Å². The fourth-order valence-corrected chi connectivity index (χ4v) is 9.59. The number of halogens is 4. The van der Waals surface area contributed by atoms with Crippen molar-refractivity contribution in [2.45, 2.75) is 74.8 Å². The van der Waals surface area contributed by atoms with E-state index in [1.807, 2.05) is 6.07 Å². The number of amides is 3. The van der Waals surface area contributed by atoms with E-state index in [4.69, 9.17) is 14.6 Å². The van der Waals surface area contributed by atoms with Crippen LogP contribution in [0.25, 0.3) is 21.8 Å². The van der Waals surface area contributed by atoms with Crippen LogP contribution in [0.4, 0.5) is 33.9 Å². The van der Waals surface area contributed by atoms with Crippen molar-refractivity contribution in [2.24, 2.45) is 7.05 Å². The van der Waals surface area contributed by atoms with Gasteiger partial charge < -0.3 is 24.6 Å². The van der Waals surface area contributed by atoms with Gasteiger partial charge in [0.25, 0.3) is 11.5 Å². The van der Waals surface area contributed by atoms with Crippen molar-refractivity contribution >= 4 is 57.4 Å². The quantitative estimate of drug-likeness (QED) is 0.0863. The molecule has 1 aliphatic carbocycles. The zero-order valence-corrected chi connectivity index (χ0v) is 36.5. The van der Waals surface area contributed by atoms with Gasteiger partial charge in [0.05, 0.1) is 65.8 Å². The Morgan fingerprint density at radius 3 is 2.63 bits per heavy atom. The Labute approximate surface area is 375 Å².